The van der Waals surface area contributed by atoms with Crippen LogP contribution in [0.2, 0.25) is 0 Å². The minimum atomic E-state index is -0.0544. The minimum Gasteiger partial charge on any atom is -0.289 e. The van der Waals surface area contributed by atoms with Crippen molar-refractivity contribution >= 4 is 11.4 Å². The highest BCUT2D eigenvalue weighted by molar-refractivity contribution is 6.09. The van der Waals surface area contributed by atoms with E-state index in [4.69, 9.17) is 0 Å². The Morgan fingerprint density at radius 1 is 1.18 bits per heavy atom. The SMILES string of the molecule is C=C/C=C(\C=C)C(=O)/C=C(\C)c1ccccc1. The van der Waals surface area contributed by atoms with Gasteiger partial charge in [-0.05, 0) is 24.1 Å². The predicted molar refractivity (Wildman–Crippen MR) is 73.6 cm³/mol. The Morgan fingerprint density at radius 2 is 1.82 bits per heavy atom. The first-order valence-corrected chi connectivity index (χ1v) is 5.42. The molecule has 0 spiro atoms. The van der Waals surface area contributed by atoms with Gasteiger partial charge >= 0.3 is 0 Å². The van der Waals surface area contributed by atoms with Crippen LogP contribution in [0.5, 0.6) is 0 Å². The molecule has 1 heteroatoms. The zero-order chi connectivity index (χ0) is 12.7. The summed E-state index contributed by atoms with van der Waals surface area (Å²) in [4.78, 5) is 11.9. The van der Waals surface area contributed by atoms with E-state index in [0.717, 1.165) is 11.1 Å². The lowest BCUT2D eigenvalue weighted by atomic mass is 10.0. The van der Waals surface area contributed by atoms with E-state index < -0.39 is 0 Å². The molecule has 0 aliphatic carbocycles. The number of hydrogen-bond acceptors (Lipinski definition) is 1. The zero-order valence-corrected chi connectivity index (χ0v) is 10.0. The van der Waals surface area contributed by atoms with Crippen molar-refractivity contribution in [3.05, 3.63) is 78.9 Å². The predicted octanol–water partition coefficient (Wildman–Crippen LogP) is 3.96. The maximum atomic E-state index is 11.9. The van der Waals surface area contributed by atoms with E-state index >= 15 is 0 Å². The summed E-state index contributed by atoms with van der Waals surface area (Å²) in [5.74, 6) is -0.0544. The Bertz CT molecular complexity index is 476. The summed E-state index contributed by atoms with van der Waals surface area (Å²) in [6.07, 6.45) is 6.40. The van der Waals surface area contributed by atoms with Crippen LogP contribution >= 0.6 is 0 Å². The molecule has 0 fully saturated rings. The van der Waals surface area contributed by atoms with Crippen molar-refractivity contribution in [1.82, 2.24) is 0 Å². The van der Waals surface area contributed by atoms with Gasteiger partial charge in [0.1, 0.15) is 0 Å². The number of benzene rings is 1. The van der Waals surface area contributed by atoms with Crippen LogP contribution in [0.1, 0.15) is 12.5 Å². The van der Waals surface area contributed by atoms with E-state index in [-0.39, 0.29) is 5.78 Å². The Balaban J connectivity index is 2.97. The molecule has 0 aliphatic rings. The van der Waals surface area contributed by atoms with Crippen LogP contribution in [0.3, 0.4) is 0 Å². The van der Waals surface area contributed by atoms with Crippen LogP contribution < -0.4 is 0 Å². The molecule has 86 valence electrons. The standard InChI is InChI=1S/C16H16O/c1-4-9-14(5-2)16(17)12-13(3)15-10-7-6-8-11-15/h4-12H,1-2H2,3H3/b13-12+,14-9+. The first kappa shape index (κ1) is 12.9. The number of hydrogen-bond donors (Lipinski definition) is 0. The molecular formula is C16H16O. The molecule has 1 rings (SSSR count). The van der Waals surface area contributed by atoms with Crippen LogP contribution in [0.15, 0.2) is 73.4 Å². The highest BCUT2D eigenvalue weighted by Crippen LogP contribution is 2.14. The van der Waals surface area contributed by atoms with Gasteiger partial charge in [-0.25, -0.2) is 0 Å². The molecule has 0 saturated carbocycles. The summed E-state index contributed by atoms with van der Waals surface area (Å²) < 4.78 is 0. The number of ketones is 1. The van der Waals surface area contributed by atoms with Gasteiger partial charge in [-0.15, -0.1) is 0 Å². The molecule has 0 radical (unpaired) electrons. The van der Waals surface area contributed by atoms with Crippen molar-refractivity contribution < 1.29 is 4.79 Å². The number of rotatable bonds is 5. The van der Waals surface area contributed by atoms with Gasteiger partial charge in [0.2, 0.25) is 0 Å². The normalized spacial score (nSPS) is 12.1. The smallest absolute Gasteiger partial charge is 0.186 e. The van der Waals surface area contributed by atoms with Crippen molar-refractivity contribution in [2.75, 3.05) is 0 Å². The first-order valence-electron chi connectivity index (χ1n) is 5.42. The second kappa shape index (κ2) is 6.44. The second-order valence-electron chi connectivity index (χ2n) is 3.62. The summed E-state index contributed by atoms with van der Waals surface area (Å²) >= 11 is 0. The molecule has 0 amide bonds. The minimum absolute atomic E-state index is 0.0544. The number of allylic oxidation sites excluding steroid dienone is 6. The summed E-state index contributed by atoms with van der Waals surface area (Å²) in [5.41, 5.74) is 2.53. The van der Waals surface area contributed by atoms with Gasteiger partial charge < -0.3 is 0 Å². The molecule has 1 aromatic rings. The van der Waals surface area contributed by atoms with Gasteiger partial charge in [-0.1, -0.05) is 61.7 Å². The topological polar surface area (TPSA) is 17.1 Å². The van der Waals surface area contributed by atoms with Crippen LogP contribution in [0, 0.1) is 0 Å². The summed E-state index contributed by atoms with van der Waals surface area (Å²) in [7, 11) is 0. The number of carbonyl (C=O) groups is 1. The quantitative estimate of drug-likeness (QED) is 0.546. The van der Waals surface area contributed by atoms with Gasteiger partial charge in [0.05, 0.1) is 0 Å². The Kier molecular flexibility index (Phi) is 4.89. The third kappa shape index (κ3) is 3.72. The van der Waals surface area contributed by atoms with Crippen LogP contribution in [-0.2, 0) is 4.79 Å². The molecule has 1 aromatic carbocycles. The fourth-order valence-corrected chi connectivity index (χ4v) is 1.44. The average molecular weight is 224 g/mol. The van der Waals surface area contributed by atoms with Crippen molar-refractivity contribution in [2.24, 2.45) is 0 Å². The lowest BCUT2D eigenvalue weighted by Gasteiger charge is -2.01. The zero-order valence-electron chi connectivity index (χ0n) is 10.0. The third-order valence-corrected chi connectivity index (χ3v) is 2.38. The fraction of sp³-hybridized carbons (Fsp3) is 0.0625. The van der Waals surface area contributed by atoms with Gasteiger partial charge in [0.25, 0.3) is 0 Å². The molecule has 0 saturated heterocycles. The largest absolute Gasteiger partial charge is 0.289 e. The third-order valence-electron chi connectivity index (χ3n) is 2.38. The van der Waals surface area contributed by atoms with E-state index in [0.29, 0.717) is 5.57 Å². The van der Waals surface area contributed by atoms with Crippen LogP contribution in [0.25, 0.3) is 5.57 Å². The van der Waals surface area contributed by atoms with Gasteiger partial charge in [0, 0.05) is 5.57 Å². The molecule has 0 atom stereocenters. The molecule has 1 nitrogen and oxygen atoms in total. The lowest BCUT2D eigenvalue weighted by Crippen LogP contribution is -1.96. The molecular weight excluding hydrogens is 208 g/mol. The molecule has 0 aromatic heterocycles. The van der Waals surface area contributed by atoms with Gasteiger partial charge in [-0.3, -0.25) is 4.79 Å². The second-order valence-corrected chi connectivity index (χ2v) is 3.62. The summed E-state index contributed by atoms with van der Waals surface area (Å²) in [6.45, 7) is 9.10. The highest BCUT2D eigenvalue weighted by Gasteiger charge is 2.03. The molecule has 0 unspecified atom stereocenters. The molecule has 0 heterocycles. The maximum Gasteiger partial charge on any atom is 0.186 e. The van der Waals surface area contributed by atoms with Gasteiger partial charge in [-0.2, -0.15) is 0 Å². The fourth-order valence-electron chi connectivity index (χ4n) is 1.44. The molecule has 0 N–H and O–H groups in total. The van der Waals surface area contributed by atoms with Crippen molar-refractivity contribution in [3.63, 3.8) is 0 Å². The van der Waals surface area contributed by atoms with Crippen LogP contribution in [0.4, 0.5) is 0 Å². The maximum absolute atomic E-state index is 11.9. The van der Waals surface area contributed by atoms with Gasteiger partial charge in [0.15, 0.2) is 5.78 Å². The van der Waals surface area contributed by atoms with Crippen molar-refractivity contribution in [1.29, 1.82) is 0 Å². The van der Waals surface area contributed by atoms with Crippen molar-refractivity contribution in [3.8, 4) is 0 Å². The van der Waals surface area contributed by atoms with E-state index in [2.05, 4.69) is 13.2 Å². The Hall–Kier alpha value is -2.15. The van der Waals surface area contributed by atoms with E-state index in [1.165, 1.54) is 0 Å². The molecule has 0 aliphatic heterocycles. The first-order chi connectivity index (χ1) is 8.19. The van der Waals surface area contributed by atoms with Crippen LogP contribution in [-0.4, -0.2) is 5.78 Å². The monoisotopic (exact) mass is 224 g/mol. The van der Waals surface area contributed by atoms with E-state index in [9.17, 15) is 4.79 Å². The summed E-state index contributed by atoms with van der Waals surface area (Å²) in [6, 6.07) is 9.80. The highest BCUT2D eigenvalue weighted by atomic mass is 16.1. The lowest BCUT2D eigenvalue weighted by molar-refractivity contribution is -0.111. The number of carbonyl (C=O) groups excluding carboxylic acids is 1. The van der Waals surface area contributed by atoms with E-state index in [1.807, 2.05) is 37.3 Å². The molecule has 0 bridgehead atoms. The Labute approximate surface area is 102 Å². The average Bonchev–Trinajstić information content (AvgIpc) is 2.36. The Morgan fingerprint density at radius 3 is 2.35 bits per heavy atom. The summed E-state index contributed by atoms with van der Waals surface area (Å²) in [5, 5.41) is 0. The van der Waals surface area contributed by atoms with E-state index in [1.54, 1.807) is 24.3 Å². The molecule has 17 heavy (non-hydrogen) atoms. The van der Waals surface area contributed by atoms with Crippen molar-refractivity contribution in [2.45, 2.75) is 6.92 Å².